The lowest BCUT2D eigenvalue weighted by molar-refractivity contribution is 0.0732. The van der Waals surface area contributed by atoms with Crippen LogP contribution in [0.5, 0.6) is 5.75 Å². The highest BCUT2D eigenvalue weighted by Crippen LogP contribution is 2.12. The predicted molar refractivity (Wildman–Crippen MR) is 73.1 cm³/mol. The van der Waals surface area contributed by atoms with Crippen LogP contribution in [0.3, 0.4) is 0 Å². The van der Waals surface area contributed by atoms with Crippen molar-refractivity contribution in [3.63, 3.8) is 0 Å². The van der Waals surface area contributed by atoms with Gasteiger partial charge in [-0.25, -0.2) is 0 Å². The fourth-order valence-corrected chi connectivity index (χ4v) is 2.17. The molecule has 1 saturated heterocycles. The number of aryl methyl sites for hydroxylation is 1. The Morgan fingerprint density at radius 2 is 1.94 bits per heavy atom. The molecule has 0 aromatic heterocycles. The lowest BCUT2D eigenvalue weighted by Crippen LogP contribution is -2.42. The second-order valence-electron chi connectivity index (χ2n) is 5.08. The molecule has 2 rings (SSSR count). The first-order valence-corrected chi connectivity index (χ1v) is 6.77. The van der Waals surface area contributed by atoms with Crippen LogP contribution in [-0.2, 0) is 4.74 Å². The van der Waals surface area contributed by atoms with Gasteiger partial charge in [0.05, 0.1) is 0 Å². The summed E-state index contributed by atoms with van der Waals surface area (Å²) in [5.41, 5.74) is 1.26. The highest BCUT2D eigenvalue weighted by atomic mass is 16.5. The molecular formula is C15H23NO2. The Hall–Kier alpha value is -1.06. The van der Waals surface area contributed by atoms with Crippen molar-refractivity contribution in [1.29, 1.82) is 0 Å². The Morgan fingerprint density at radius 3 is 2.61 bits per heavy atom. The molecule has 3 heteroatoms. The monoisotopic (exact) mass is 249 g/mol. The first-order valence-electron chi connectivity index (χ1n) is 6.77. The first kappa shape index (κ1) is 13.4. The molecule has 0 amide bonds. The van der Waals surface area contributed by atoms with Crippen molar-refractivity contribution in [3.05, 3.63) is 29.8 Å². The van der Waals surface area contributed by atoms with E-state index in [1.807, 2.05) is 12.1 Å². The van der Waals surface area contributed by atoms with Crippen LogP contribution in [0.25, 0.3) is 0 Å². The van der Waals surface area contributed by atoms with Gasteiger partial charge in [0.2, 0.25) is 0 Å². The molecule has 1 aliphatic heterocycles. The highest BCUT2D eigenvalue weighted by molar-refractivity contribution is 5.26. The molecule has 0 aliphatic carbocycles. The smallest absolute Gasteiger partial charge is 0.119 e. The van der Waals surface area contributed by atoms with Crippen LogP contribution < -0.4 is 10.1 Å². The van der Waals surface area contributed by atoms with Gasteiger partial charge >= 0.3 is 0 Å². The van der Waals surface area contributed by atoms with Gasteiger partial charge in [0, 0.05) is 25.3 Å². The zero-order valence-corrected chi connectivity index (χ0v) is 11.3. The Balaban J connectivity index is 1.70. The molecule has 18 heavy (non-hydrogen) atoms. The number of hydrogen-bond acceptors (Lipinski definition) is 3. The van der Waals surface area contributed by atoms with E-state index >= 15 is 0 Å². The van der Waals surface area contributed by atoms with Crippen molar-refractivity contribution in [1.82, 2.24) is 5.32 Å². The molecule has 1 N–H and O–H groups in total. The van der Waals surface area contributed by atoms with Gasteiger partial charge < -0.3 is 14.8 Å². The van der Waals surface area contributed by atoms with E-state index in [9.17, 15) is 0 Å². The third-order valence-electron chi connectivity index (χ3n) is 3.26. The van der Waals surface area contributed by atoms with Crippen molar-refractivity contribution < 1.29 is 9.47 Å². The normalized spacial score (nSPS) is 18.6. The van der Waals surface area contributed by atoms with E-state index in [4.69, 9.17) is 9.47 Å². The molecule has 0 saturated carbocycles. The minimum atomic E-state index is 0.370. The number of ether oxygens (including phenoxy) is 2. The van der Waals surface area contributed by atoms with E-state index in [-0.39, 0.29) is 0 Å². The number of nitrogens with one attached hydrogen (secondary N) is 1. The summed E-state index contributed by atoms with van der Waals surface area (Å²) in [6.07, 6.45) is 2.21. The van der Waals surface area contributed by atoms with Gasteiger partial charge in [0.1, 0.15) is 12.4 Å². The predicted octanol–water partition coefficient (Wildman–Crippen LogP) is 2.53. The van der Waals surface area contributed by atoms with Crippen LogP contribution in [0.4, 0.5) is 0 Å². The largest absolute Gasteiger partial charge is 0.492 e. The maximum absolute atomic E-state index is 5.77. The summed E-state index contributed by atoms with van der Waals surface area (Å²) in [7, 11) is 0. The third kappa shape index (κ3) is 4.31. The zero-order valence-electron chi connectivity index (χ0n) is 11.3. The fourth-order valence-electron chi connectivity index (χ4n) is 2.17. The summed E-state index contributed by atoms with van der Waals surface area (Å²) in [6.45, 7) is 6.72. The summed E-state index contributed by atoms with van der Waals surface area (Å²) in [4.78, 5) is 0. The fraction of sp³-hybridized carbons (Fsp3) is 0.600. The molecule has 1 aromatic rings. The van der Waals surface area contributed by atoms with Gasteiger partial charge in [0.25, 0.3) is 0 Å². The first-order chi connectivity index (χ1) is 8.74. The van der Waals surface area contributed by atoms with Crippen LogP contribution in [0.2, 0.25) is 0 Å². The Kier molecular flexibility index (Phi) is 5.02. The van der Waals surface area contributed by atoms with E-state index in [1.165, 1.54) is 5.56 Å². The molecule has 3 nitrogen and oxygen atoms in total. The minimum Gasteiger partial charge on any atom is -0.492 e. The van der Waals surface area contributed by atoms with E-state index in [0.717, 1.165) is 31.8 Å². The lowest BCUT2D eigenvalue weighted by Gasteiger charge is -2.26. The molecule has 0 bridgehead atoms. The highest BCUT2D eigenvalue weighted by Gasteiger charge is 2.15. The van der Waals surface area contributed by atoms with E-state index in [1.54, 1.807) is 0 Å². The maximum atomic E-state index is 5.77. The molecule has 0 radical (unpaired) electrons. The molecule has 1 aromatic carbocycles. The van der Waals surface area contributed by atoms with E-state index in [0.29, 0.717) is 18.7 Å². The average molecular weight is 249 g/mol. The summed E-state index contributed by atoms with van der Waals surface area (Å²) in [6, 6.07) is 9.15. The second kappa shape index (κ2) is 6.76. The third-order valence-corrected chi connectivity index (χ3v) is 3.26. The van der Waals surface area contributed by atoms with Gasteiger partial charge in [0.15, 0.2) is 0 Å². The minimum absolute atomic E-state index is 0.370. The number of rotatable bonds is 5. The summed E-state index contributed by atoms with van der Waals surface area (Å²) < 4.78 is 11.1. The van der Waals surface area contributed by atoms with Crippen molar-refractivity contribution in [2.45, 2.75) is 38.8 Å². The van der Waals surface area contributed by atoms with Gasteiger partial charge in [-0.05, 0) is 38.8 Å². The topological polar surface area (TPSA) is 30.5 Å². The zero-order chi connectivity index (χ0) is 12.8. The summed E-state index contributed by atoms with van der Waals surface area (Å²) in [5.74, 6) is 0.946. The lowest BCUT2D eigenvalue weighted by atomic mass is 10.1. The van der Waals surface area contributed by atoms with Crippen molar-refractivity contribution in [2.75, 3.05) is 19.8 Å². The average Bonchev–Trinajstić information content (AvgIpc) is 2.39. The van der Waals surface area contributed by atoms with Crippen molar-refractivity contribution >= 4 is 0 Å². The van der Waals surface area contributed by atoms with Crippen molar-refractivity contribution in [3.8, 4) is 5.75 Å². The van der Waals surface area contributed by atoms with E-state index in [2.05, 4.69) is 31.3 Å². The second-order valence-corrected chi connectivity index (χ2v) is 5.08. The van der Waals surface area contributed by atoms with Crippen LogP contribution in [0.1, 0.15) is 25.3 Å². The quantitative estimate of drug-likeness (QED) is 0.870. The van der Waals surface area contributed by atoms with Crippen LogP contribution in [0.15, 0.2) is 24.3 Å². The van der Waals surface area contributed by atoms with Crippen molar-refractivity contribution in [2.24, 2.45) is 0 Å². The Labute approximate surface area is 109 Å². The Bertz CT molecular complexity index is 344. The standard InChI is InChI=1S/C15H23NO2/c1-12-3-5-15(6-4-12)18-11-13(2)16-14-7-9-17-10-8-14/h3-6,13-14,16H,7-11H2,1-2H3. The molecule has 1 unspecified atom stereocenters. The van der Waals surface area contributed by atoms with Crippen LogP contribution in [-0.4, -0.2) is 31.9 Å². The summed E-state index contributed by atoms with van der Waals surface area (Å²) >= 11 is 0. The molecular weight excluding hydrogens is 226 g/mol. The molecule has 1 heterocycles. The van der Waals surface area contributed by atoms with Gasteiger partial charge in [-0.15, -0.1) is 0 Å². The van der Waals surface area contributed by atoms with Gasteiger partial charge in [-0.1, -0.05) is 17.7 Å². The molecule has 1 fully saturated rings. The summed E-state index contributed by atoms with van der Waals surface area (Å²) in [5, 5.41) is 3.60. The number of hydrogen-bond donors (Lipinski definition) is 1. The van der Waals surface area contributed by atoms with Gasteiger partial charge in [-0.3, -0.25) is 0 Å². The molecule has 100 valence electrons. The van der Waals surface area contributed by atoms with E-state index < -0.39 is 0 Å². The maximum Gasteiger partial charge on any atom is 0.119 e. The van der Waals surface area contributed by atoms with Crippen LogP contribution in [0, 0.1) is 6.92 Å². The molecule has 1 atom stereocenters. The molecule has 1 aliphatic rings. The van der Waals surface area contributed by atoms with Crippen LogP contribution >= 0.6 is 0 Å². The SMILES string of the molecule is Cc1ccc(OCC(C)NC2CCOCC2)cc1. The van der Waals surface area contributed by atoms with Gasteiger partial charge in [-0.2, -0.15) is 0 Å². The number of benzene rings is 1. The Morgan fingerprint density at radius 1 is 1.28 bits per heavy atom. The molecule has 0 spiro atoms.